The van der Waals surface area contributed by atoms with E-state index in [9.17, 15) is 29.1 Å². The monoisotopic (exact) mass is 453 g/mol. The molecule has 1 aromatic heterocycles. The maximum absolute atomic E-state index is 12.1. The zero-order chi connectivity index (χ0) is 22.5. The topological polar surface area (TPSA) is 177 Å². The first-order valence-electron chi connectivity index (χ1n) is 9.00. The highest BCUT2D eigenvalue weighted by Crippen LogP contribution is 2.39. The zero-order valence-corrected chi connectivity index (χ0v) is 16.9. The maximum atomic E-state index is 12.1. The number of aliphatic carboxylic acids is 1. The number of rotatable bonds is 12. The Morgan fingerprint density at radius 3 is 2.84 bits per heavy atom. The van der Waals surface area contributed by atoms with Gasteiger partial charge in [-0.3, -0.25) is 24.1 Å². The van der Waals surface area contributed by atoms with Gasteiger partial charge in [0.05, 0.1) is 17.7 Å². The summed E-state index contributed by atoms with van der Waals surface area (Å²) in [7, 11) is 0. The molecule has 0 saturated carbocycles. The lowest BCUT2D eigenvalue weighted by atomic mass is 10.0. The molecule has 1 aromatic rings. The number of thioether (sulfide) groups is 1. The number of aromatic nitrogens is 2. The number of nitrogens with zero attached hydrogens (tertiary/aromatic N) is 3. The van der Waals surface area contributed by atoms with E-state index in [1.165, 1.54) is 16.4 Å². The average molecular weight is 453 g/mol. The maximum Gasteiger partial charge on any atom is 0.293 e. The number of ether oxygens (including phenoxy) is 2. The van der Waals surface area contributed by atoms with Crippen molar-refractivity contribution in [2.45, 2.75) is 30.6 Å². The molecule has 0 bridgehead atoms. The highest BCUT2D eigenvalue weighted by atomic mass is 32.2. The van der Waals surface area contributed by atoms with Gasteiger partial charge in [-0.25, -0.2) is 0 Å². The van der Waals surface area contributed by atoms with Gasteiger partial charge in [-0.05, 0) is 0 Å². The molecule has 3 atom stereocenters. The lowest BCUT2D eigenvalue weighted by Crippen LogP contribution is -2.69. The van der Waals surface area contributed by atoms with E-state index in [1.807, 2.05) is 0 Å². The number of nitrogens with two attached hydrogens (primary N) is 1. The molecular weight excluding hydrogens is 434 g/mol. The van der Waals surface area contributed by atoms with E-state index in [-0.39, 0.29) is 38.3 Å². The van der Waals surface area contributed by atoms with Gasteiger partial charge in [-0.2, -0.15) is 0 Å². The first kappa shape index (κ1) is 22.3. The second-order valence-corrected chi connectivity index (χ2v) is 7.71. The summed E-state index contributed by atoms with van der Waals surface area (Å²) in [6, 6.07) is 0.787. The van der Waals surface area contributed by atoms with Crippen LogP contribution in [0.3, 0.4) is 0 Å². The number of β-lactam (4-membered cyclic amide) rings is 1. The fraction of sp³-hybridized carbons (Fsp3) is 0.412. The second-order valence-electron chi connectivity index (χ2n) is 6.60. The van der Waals surface area contributed by atoms with Gasteiger partial charge in [0.2, 0.25) is 12.3 Å². The van der Waals surface area contributed by atoms with Gasteiger partial charge in [0.15, 0.2) is 24.7 Å². The summed E-state index contributed by atoms with van der Waals surface area (Å²) < 4.78 is 12.7. The Morgan fingerprint density at radius 1 is 1.42 bits per heavy atom. The number of carbonyl (C=O) groups excluding carboxylic acids is 5. The lowest BCUT2D eigenvalue weighted by molar-refractivity contribution is -0.768. The molecule has 3 N–H and O–H groups in total. The minimum Gasteiger partial charge on any atom is -0.543 e. The molecule has 1 saturated heterocycles. The van der Waals surface area contributed by atoms with Crippen LogP contribution in [0.5, 0.6) is 0 Å². The molecule has 1 fully saturated rings. The molecule has 2 aliphatic rings. The van der Waals surface area contributed by atoms with Crippen molar-refractivity contribution < 1.29 is 43.2 Å². The highest BCUT2D eigenvalue weighted by Gasteiger charge is 2.50. The van der Waals surface area contributed by atoms with E-state index in [0.29, 0.717) is 23.6 Å². The third-order valence-electron chi connectivity index (χ3n) is 4.81. The van der Waals surface area contributed by atoms with Crippen LogP contribution in [-0.4, -0.2) is 70.7 Å². The third kappa shape index (κ3) is 4.39. The summed E-state index contributed by atoms with van der Waals surface area (Å²) in [5.41, 5.74) is 5.92. The summed E-state index contributed by atoms with van der Waals surface area (Å²) in [6.45, 7) is 0.188. The molecule has 0 spiro atoms. The van der Waals surface area contributed by atoms with Crippen LogP contribution in [0.1, 0.15) is 0 Å². The van der Waals surface area contributed by atoms with E-state index in [1.54, 1.807) is 16.9 Å². The summed E-state index contributed by atoms with van der Waals surface area (Å²) in [4.78, 5) is 57.2. The van der Waals surface area contributed by atoms with E-state index >= 15 is 0 Å². The Hall–Kier alpha value is -3.39. The second kappa shape index (κ2) is 9.61. The molecule has 1 unspecified atom stereocenters. The van der Waals surface area contributed by atoms with Crippen molar-refractivity contribution in [2.75, 3.05) is 17.7 Å². The largest absolute Gasteiger partial charge is 0.543 e. The van der Waals surface area contributed by atoms with Crippen molar-refractivity contribution in [1.82, 2.24) is 9.58 Å². The van der Waals surface area contributed by atoms with Crippen LogP contribution in [0.4, 0.5) is 5.82 Å². The van der Waals surface area contributed by atoms with Crippen molar-refractivity contribution in [3.63, 3.8) is 0 Å². The van der Waals surface area contributed by atoms with E-state index in [4.69, 9.17) is 10.5 Å². The van der Waals surface area contributed by atoms with Gasteiger partial charge in [0, 0.05) is 11.3 Å². The lowest BCUT2D eigenvalue weighted by Gasteiger charge is -2.49. The number of carboxylic acid groups (broad SMARTS) is 1. The molecule has 3 rings (SSSR count). The number of hydrogen-bond donors (Lipinski definition) is 2. The van der Waals surface area contributed by atoms with Crippen molar-refractivity contribution in [2.24, 2.45) is 5.73 Å². The Bertz CT molecular complexity index is 932. The fourth-order valence-corrected chi connectivity index (χ4v) is 4.71. The van der Waals surface area contributed by atoms with Gasteiger partial charge < -0.3 is 30.4 Å². The fourth-order valence-electron chi connectivity index (χ4n) is 3.42. The molecule has 0 radical (unpaired) electrons. The molecule has 2 amide bonds. The summed E-state index contributed by atoms with van der Waals surface area (Å²) in [6.07, 6.45) is 1.15. The quantitative estimate of drug-likeness (QED) is 0.182. The van der Waals surface area contributed by atoms with Crippen LogP contribution in [0, 0.1) is 0 Å². The van der Waals surface area contributed by atoms with Crippen LogP contribution in [0.25, 0.3) is 0 Å². The number of anilines is 1. The number of carbonyl (C=O) groups is 5. The number of hydrogen-bond acceptors (Lipinski definition) is 10. The number of carboxylic acids is 1. The number of nitrogens with one attached hydrogen (secondary N) is 1. The Kier molecular flexibility index (Phi) is 6.91. The van der Waals surface area contributed by atoms with Crippen molar-refractivity contribution in [3.8, 4) is 0 Å². The van der Waals surface area contributed by atoms with Gasteiger partial charge in [-0.15, -0.1) is 21.1 Å². The minimum atomic E-state index is -1.49. The van der Waals surface area contributed by atoms with Crippen molar-refractivity contribution >= 4 is 48.8 Å². The summed E-state index contributed by atoms with van der Waals surface area (Å²) in [5.74, 6) is -1.38. The predicted octanol–water partition coefficient (Wildman–Crippen LogP) is -3.70. The van der Waals surface area contributed by atoms with Crippen molar-refractivity contribution in [3.05, 3.63) is 23.5 Å². The average Bonchev–Trinajstić information content (AvgIpc) is 3.12. The first-order valence-corrected chi connectivity index (χ1v) is 10.0. The van der Waals surface area contributed by atoms with Gasteiger partial charge in [0.25, 0.3) is 12.9 Å². The van der Waals surface area contributed by atoms with Crippen LogP contribution < -0.4 is 20.8 Å². The zero-order valence-electron chi connectivity index (χ0n) is 16.0. The predicted molar refractivity (Wildman–Crippen MR) is 100 cm³/mol. The molecule has 0 aromatic carbocycles. The molecule has 3 heterocycles. The van der Waals surface area contributed by atoms with E-state index in [0.717, 1.165) is 4.90 Å². The molecule has 14 heteroatoms. The summed E-state index contributed by atoms with van der Waals surface area (Å²) in [5, 5.41) is 13.8. The molecule has 31 heavy (non-hydrogen) atoms. The first-order chi connectivity index (χ1) is 14.9. The van der Waals surface area contributed by atoms with Crippen LogP contribution in [-0.2, 0) is 46.5 Å². The van der Waals surface area contributed by atoms with Gasteiger partial charge in [-0.1, -0.05) is 0 Å². The normalized spacial score (nSPS) is 20.9. The van der Waals surface area contributed by atoms with Gasteiger partial charge >= 0.3 is 0 Å². The number of fused-ring (bicyclic) bond motifs is 1. The molecule has 166 valence electrons. The third-order valence-corrected chi connectivity index (χ3v) is 6.17. The SMILES string of the molecule is N[C@@H]1C(=O)N2C(C(=O)[O-])=C(C[n+]3ccc(NC=O)n3CC(COC=O)OC=O)CS[C@H]12. The molecule has 13 nitrogen and oxygen atoms in total. The highest BCUT2D eigenvalue weighted by molar-refractivity contribution is 8.00. The Morgan fingerprint density at radius 2 is 2.19 bits per heavy atom. The van der Waals surface area contributed by atoms with Crippen LogP contribution >= 0.6 is 11.8 Å². The Balaban J connectivity index is 1.92. The smallest absolute Gasteiger partial charge is 0.293 e. The van der Waals surface area contributed by atoms with Crippen LogP contribution in [0.2, 0.25) is 0 Å². The van der Waals surface area contributed by atoms with Gasteiger partial charge in [0.1, 0.15) is 24.6 Å². The number of amides is 2. The molecule has 0 aliphatic carbocycles. The van der Waals surface area contributed by atoms with E-state index < -0.39 is 29.4 Å². The molecule has 2 aliphatic heterocycles. The standard InChI is InChI=1S/C17H19N5O8S/c18-13-15(26)22-14(17(27)28)10(6-31-16(13)22)3-20-2-1-12(19-7-23)21(20)4-11(30-9-25)5-29-8-24/h1-2,7-9,11,13,16H,3-6,18H2,(H,27,28)/t11?,13-,16-/m1/s1. The minimum absolute atomic E-state index is 0.0209. The Labute approximate surface area is 179 Å². The summed E-state index contributed by atoms with van der Waals surface area (Å²) >= 11 is 1.34. The van der Waals surface area contributed by atoms with Crippen LogP contribution in [0.15, 0.2) is 23.5 Å². The molecular formula is C17H19N5O8S. The van der Waals surface area contributed by atoms with Crippen molar-refractivity contribution in [1.29, 1.82) is 0 Å². The van der Waals surface area contributed by atoms with E-state index in [2.05, 4.69) is 10.1 Å².